The number of alkyl halides is 6. The van der Waals surface area contributed by atoms with Crippen LogP contribution in [0.1, 0.15) is 0 Å². The topological polar surface area (TPSA) is 18.5 Å². The van der Waals surface area contributed by atoms with Crippen molar-refractivity contribution in [3.05, 3.63) is 66.8 Å². The normalized spacial score (nSPS) is 12.1. The SMILES string of the molecule is Fc1cc(-c2c(F)c(I)c(-c3ccc(OC(F)(F)F)c(F)c3)c(F)c2I)ccc1OC(F)(F)F. The van der Waals surface area contributed by atoms with Gasteiger partial charge in [-0.15, -0.1) is 26.3 Å². The van der Waals surface area contributed by atoms with Crippen molar-refractivity contribution in [2.45, 2.75) is 12.7 Å². The first-order valence-corrected chi connectivity index (χ1v) is 10.7. The zero-order chi connectivity index (χ0) is 25.6. The summed E-state index contributed by atoms with van der Waals surface area (Å²) in [6.45, 7) is 0. The quantitative estimate of drug-likeness (QED) is 0.153. The molecule has 0 saturated carbocycles. The maximum Gasteiger partial charge on any atom is 0.573 e. The first-order chi connectivity index (χ1) is 15.6. The average Bonchev–Trinajstić information content (AvgIpc) is 2.69. The van der Waals surface area contributed by atoms with Crippen molar-refractivity contribution in [2.75, 3.05) is 0 Å². The summed E-state index contributed by atoms with van der Waals surface area (Å²) < 4.78 is 139. The Morgan fingerprint density at radius 3 is 1.15 bits per heavy atom. The van der Waals surface area contributed by atoms with E-state index in [0.29, 0.717) is 24.3 Å². The number of rotatable bonds is 4. The average molecular weight is 722 g/mol. The van der Waals surface area contributed by atoms with Gasteiger partial charge in [0.25, 0.3) is 0 Å². The molecule has 0 spiro atoms. The second-order valence-corrected chi connectivity index (χ2v) is 8.55. The first-order valence-electron chi connectivity index (χ1n) is 8.56. The van der Waals surface area contributed by atoms with Crippen molar-refractivity contribution in [3.8, 4) is 33.8 Å². The van der Waals surface area contributed by atoms with E-state index in [9.17, 15) is 35.1 Å². The molecule has 0 heterocycles. The van der Waals surface area contributed by atoms with Crippen LogP contribution in [-0.4, -0.2) is 12.7 Å². The van der Waals surface area contributed by atoms with E-state index in [1.165, 1.54) is 45.2 Å². The van der Waals surface area contributed by atoms with Gasteiger partial charge in [-0.2, -0.15) is 0 Å². The Hall–Kier alpha value is -1.98. The van der Waals surface area contributed by atoms with E-state index in [1.54, 1.807) is 0 Å². The molecular formula is C20H6F10I2O2. The van der Waals surface area contributed by atoms with Crippen LogP contribution in [0.5, 0.6) is 11.5 Å². The molecule has 182 valence electrons. The number of hydrogen-bond acceptors (Lipinski definition) is 2. The predicted octanol–water partition coefficient (Wildman–Crippen LogP) is 8.58. The Kier molecular flexibility index (Phi) is 7.50. The van der Waals surface area contributed by atoms with Crippen LogP contribution in [-0.2, 0) is 0 Å². The van der Waals surface area contributed by atoms with Gasteiger partial charge in [0.05, 0.1) is 7.14 Å². The summed E-state index contributed by atoms with van der Waals surface area (Å²) >= 11 is 2.72. The van der Waals surface area contributed by atoms with Crippen molar-refractivity contribution in [1.29, 1.82) is 0 Å². The maximum atomic E-state index is 15.2. The fourth-order valence-electron chi connectivity index (χ4n) is 2.87. The second kappa shape index (κ2) is 9.58. The van der Waals surface area contributed by atoms with Gasteiger partial charge in [0.15, 0.2) is 23.1 Å². The molecule has 0 aliphatic carbocycles. The summed E-state index contributed by atoms with van der Waals surface area (Å²) in [6.07, 6.45) is -10.4. The number of halogens is 12. The van der Waals surface area contributed by atoms with Crippen LogP contribution in [0.4, 0.5) is 43.9 Å². The van der Waals surface area contributed by atoms with Crippen LogP contribution in [0.15, 0.2) is 36.4 Å². The minimum Gasteiger partial charge on any atom is -0.403 e. The Morgan fingerprint density at radius 2 is 0.882 bits per heavy atom. The first kappa shape index (κ1) is 26.6. The molecule has 0 radical (unpaired) electrons. The zero-order valence-corrected chi connectivity index (χ0v) is 20.1. The second-order valence-electron chi connectivity index (χ2n) is 6.39. The number of ether oxygens (including phenoxy) is 2. The standard InChI is InChI=1S/C20H6F10I2O2/c21-9-5-7(1-3-11(9)33-19(25,26)27)13-15(23)18(32)14(16(24)17(13)31)8-2-4-12(10(22)6-8)34-20(28,29)30/h1-6H. The van der Waals surface area contributed by atoms with Crippen LogP contribution >= 0.6 is 45.2 Å². The van der Waals surface area contributed by atoms with E-state index < -0.39 is 65.8 Å². The van der Waals surface area contributed by atoms with E-state index in [4.69, 9.17) is 0 Å². The molecule has 34 heavy (non-hydrogen) atoms. The summed E-state index contributed by atoms with van der Waals surface area (Å²) in [4.78, 5) is 0. The number of benzene rings is 3. The van der Waals surface area contributed by atoms with E-state index in [0.717, 1.165) is 12.1 Å². The lowest BCUT2D eigenvalue weighted by Gasteiger charge is -2.17. The van der Waals surface area contributed by atoms with Crippen LogP contribution in [0.2, 0.25) is 0 Å². The highest BCUT2D eigenvalue weighted by Gasteiger charge is 2.34. The Balaban J connectivity index is 2.10. The predicted molar refractivity (Wildman–Crippen MR) is 116 cm³/mol. The Labute approximate surface area is 211 Å². The third-order valence-corrected chi connectivity index (χ3v) is 6.18. The molecule has 0 aliphatic heterocycles. The molecule has 0 N–H and O–H groups in total. The molecule has 0 aliphatic rings. The van der Waals surface area contributed by atoms with Crippen molar-refractivity contribution in [3.63, 3.8) is 0 Å². The lowest BCUT2D eigenvalue weighted by Crippen LogP contribution is -2.18. The molecule has 14 heteroatoms. The molecule has 0 atom stereocenters. The van der Waals surface area contributed by atoms with Crippen molar-refractivity contribution in [1.82, 2.24) is 0 Å². The largest absolute Gasteiger partial charge is 0.573 e. The van der Waals surface area contributed by atoms with Crippen LogP contribution in [0, 0.1) is 30.4 Å². The lowest BCUT2D eigenvalue weighted by atomic mass is 9.98. The third kappa shape index (κ3) is 5.80. The minimum atomic E-state index is -5.18. The van der Waals surface area contributed by atoms with Crippen molar-refractivity contribution in [2.24, 2.45) is 0 Å². The highest BCUT2D eigenvalue weighted by molar-refractivity contribution is 14.1. The summed E-state index contributed by atoms with van der Waals surface area (Å²) in [5.74, 6) is -7.61. The van der Waals surface area contributed by atoms with E-state index in [2.05, 4.69) is 9.47 Å². The van der Waals surface area contributed by atoms with Crippen LogP contribution in [0.25, 0.3) is 22.3 Å². The summed E-state index contributed by atoms with van der Waals surface area (Å²) in [6, 6.07) is 3.95. The highest BCUT2D eigenvalue weighted by atomic mass is 127. The van der Waals surface area contributed by atoms with E-state index >= 15 is 8.78 Å². The van der Waals surface area contributed by atoms with E-state index in [-0.39, 0.29) is 11.1 Å². The third-order valence-electron chi connectivity index (χ3n) is 4.16. The van der Waals surface area contributed by atoms with Gasteiger partial charge in [0.2, 0.25) is 0 Å². The van der Waals surface area contributed by atoms with Gasteiger partial charge < -0.3 is 9.47 Å². The zero-order valence-electron chi connectivity index (χ0n) is 15.8. The molecule has 3 rings (SSSR count). The van der Waals surface area contributed by atoms with Gasteiger partial charge >= 0.3 is 12.7 Å². The van der Waals surface area contributed by atoms with Crippen LogP contribution in [0.3, 0.4) is 0 Å². The molecular weight excluding hydrogens is 716 g/mol. The highest BCUT2D eigenvalue weighted by Crippen LogP contribution is 2.42. The van der Waals surface area contributed by atoms with Gasteiger partial charge in [-0.3, -0.25) is 0 Å². The molecule has 0 fully saturated rings. The van der Waals surface area contributed by atoms with Gasteiger partial charge in [-0.1, -0.05) is 12.1 Å². The molecule has 0 amide bonds. The fraction of sp³-hybridized carbons (Fsp3) is 0.100. The van der Waals surface area contributed by atoms with Gasteiger partial charge in [0.1, 0.15) is 11.6 Å². The molecule has 0 bridgehead atoms. The smallest absolute Gasteiger partial charge is 0.403 e. The summed E-state index contributed by atoms with van der Waals surface area (Å²) in [5.41, 5.74) is -1.64. The van der Waals surface area contributed by atoms with Crippen molar-refractivity contribution >= 4 is 45.2 Å². The van der Waals surface area contributed by atoms with Gasteiger partial charge in [-0.05, 0) is 80.6 Å². The molecule has 0 aromatic heterocycles. The summed E-state index contributed by atoms with van der Waals surface area (Å²) in [7, 11) is 0. The Morgan fingerprint density at radius 1 is 0.559 bits per heavy atom. The van der Waals surface area contributed by atoms with Gasteiger partial charge in [-0.25, -0.2) is 17.6 Å². The summed E-state index contributed by atoms with van der Waals surface area (Å²) in [5, 5.41) is 0. The Bertz CT molecular complexity index is 1130. The molecule has 0 saturated heterocycles. The molecule has 2 nitrogen and oxygen atoms in total. The lowest BCUT2D eigenvalue weighted by molar-refractivity contribution is -0.276. The fourth-order valence-corrected chi connectivity index (χ4v) is 4.50. The molecule has 3 aromatic rings. The molecule has 3 aromatic carbocycles. The minimum absolute atomic E-state index is 0.322. The molecule has 0 unspecified atom stereocenters. The van der Waals surface area contributed by atoms with Gasteiger partial charge in [0, 0.05) is 11.1 Å². The van der Waals surface area contributed by atoms with E-state index in [1.807, 2.05) is 0 Å². The maximum absolute atomic E-state index is 15.2. The van der Waals surface area contributed by atoms with Crippen molar-refractivity contribution < 1.29 is 53.4 Å². The monoisotopic (exact) mass is 722 g/mol. The van der Waals surface area contributed by atoms with Crippen LogP contribution < -0.4 is 9.47 Å². The number of hydrogen-bond donors (Lipinski definition) is 0.